The minimum atomic E-state index is -2.34. The van der Waals surface area contributed by atoms with Gasteiger partial charge in [-0.15, -0.1) is 0 Å². The van der Waals surface area contributed by atoms with E-state index in [1.807, 2.05) is 0 Å². The van der Waals surface area contributed by atoms with Gasteiger partial charge in [-0.3, -0.25) is 19.2 Å². The van der Waals surface area contributed by atoms with E-state index < -0.39 is 108 Å². The molecule has 0 amide bonds. The Morgan fingerprint density at radius 2 is 1.78 bits per heavy atom. The molecule has 0 saturated carbocycles. The summed E-state index contributed by atoms with van der Waals surface area (Å²) in [5.74, 6) is -5.06. The van der Waals surface area contributed by atoms with Crippen LogP contribution in [-0.2, 0) is 30.2 Å². The summed E-state index contributed by atoms with van der Waals surface area (Å²) in [6.45, 7) is 4.08. The number of benzene rings is 2. The first-order valence-corrected chi connectivity index (χ1v) is 14.9. The maximum atomic E-state index is 13.8. The maximum absolute atomic E-state index is 13.8. The number of aromatic hydroxyl groups is 2. The number of esters is 1. The molecule has 14 heteroatoms. The van der Waals surface area contributed by atoms with Crippen molar-refractivity contribution in [3.05, 3.63) is 51.6 Å². The molecule has 1 fully saturated rings. The van der Waals surface area contributed by atoms with Gasteiger partial charge in [-0.25, -0.2) is 0 Å². The van der Waals surface area contributed by atoms with E-state index in [2.05, 4.69) is 0 Å². The number of ketones is 3. The molecule has 1 saturated heterocycles. The smallest absolute Gasteiger partial charge is 0.323 e. The molecule has 0 bridgehead atoms. The van der Waals surface area contributed by atoms with Gasteiger partial charge in [0.25, 0.3) is 0 Å². The second-order valence-corrected chi connectivity index (χ2v) is 12.4. The largest absolute Gasteiger partial charge is 0.507 e. The number of ether oxygens (including phenoxy) is 4. The Kier molecular flexibility index (Phi) is 8.98. The van der Waals surface area contributed by atoms with Crippen molar-refractivity contribution < 1.29 is 58.6 Å². The first-order chi connectivity index (χ1) is 21.6. The Hall–Kier alpha value is -3.92. The monoisotopic (exact) mass is 642 g/mol. The highest BCUT2D eigenvalue weighted by Gasteiger charge is 2.50. The number of methoxy groups -OCH3 is 1. The molecule has 7 atom stereocenters. The molecule has 4 unspecified atom stereocenters. The van der Waals surface area contributed by atoms with Gasteiger partial charge in [0, 0.05) is 42.0 Å². The quantitative estimate of drug-likeness (QED) is 0.145. The van der Waals surface area contributed by atoms with Crippen LogP contribution in [0.15, 0.2) is 18.2 Å². The maximum Gasteiger partial charge on any atom is 0.323 e. The molecular formula is C32H38N2O12. The van der Waals surface area contributed by atoms with Crippen LogP contribution in [0.25, 0.3) is 0 Å². The summed E-state index contributed by atoms with van der Waals surface area (Å²) < 4.78 is 22.3. The number of Topliss-reactive ketones (excluding diaryl/α,β-unsaturated/α-hetero) is 1. The van der Waals surface area contributed by atoms with E-state index in [1.165, 1.54) is 25.3 Å². The number of hydrogen-bond donors (Lipinski definition) is 6. The second kappa shape index (κ2) is 12.4. The van der Waals surface area contributed by atoms with E-state index in [4.69, 9.17) is 30.4 Å². The lowest BCUT2D eigenvalue weighted by molar-refractivity contribution is -0.247. The Bertz CT molecular complexity index is 1590. The molecule has 2 aromatic carbocycles. The van der Waals surface area contributed by atoms with Crippen LogP contribution in [0.2, 0.25) is 0 Å². The van der Waals surface area contributed by atoms with Gasteiger partial charge in [0.2, 0.25) is 11.6 Å². The lowest BCUT2D eigenvalue weighted by atomic mass is 9.72. The van der Waals surface area contributed by atoms with Crippen molar-refractivity contribution in [2.45, 2.75) is 82.3 Å². The normalized spacial score (nSPS) is 27.8. The standard InChI is InChI=1S/C32H38N2O12/c1-12(2)25(34)31(41)44-11-19(35)32(42)9-15-22(18(10-32)46-20-8-16(33)26(36)13(3)45-20)30(40)24-23(28(15)38)27(37)14-6-5-7-17(43-4)21(14)29(24)39/h5-7,12-13,16,18,20,25-26,36,38,40,42H,8-11,33-34H2,1-4H3/t13?,16?,18-,20?,25+,26?,32-/m0/s1. The summed E-state index contributed by atoms with van der Waals surface area (Å²) >= 11 is 0. The number of phenols is 2. The molecule has 0 aromatic heterocycles. The molecule has 2 aliphatic carbocycles. The molecule has 0 spiro atoms. The third-order valence-corrected chi connectivity index (χ3v) is 9.00. The number of carbonyl (C=O) groups is 4. The van der Waals surface area contributed by atoms with Crippen molar-refractivity contribution in [3.8, 4) is 17.2 Å². The first-order valence-electron chi connectivity index (χ1n) is 14.9. The van der Waals surface area contributed by atoms with Crippen LogP contribution in [-0.4, -0.2) is 93.6 Å². The number of aliphatic hydroxyl groups excluding tert-OH is 1. The van der Waals surface area contributed by atoms with Crippen molar-refractivity contribution in [1.29, 1.82) is 0 Å². The highest BCUT2D eigenvalue weighted by molar-refractivity contribution is 6.31. The number of aliphatic hydroxyl groups is 2. The molecular weight excluding hydrogens is 604 g/mol. The molecule has 3 aliphatic rings. The molecule has 14 nitrogen and oxygen atoms in total. The lowest BCUT2D eigenvalue weighted by Gasteiger charge is -2.42. The predicted octanol–water partition coefficient (Wildman–Crippen LogP) is 0.536. The van der Waals surface area contributed by atoms with Crippen molar-refractivity contribution in [2.24, 2.45) is 17.4 Å². The van der Waals surface area contributed by atoms with E-state index in [0.29, 0.717) is 0 Å². The van der Waals surface area contributed by atoms with Gasteiger partial charge in [-0.05, 0) is 18.9 Å². The average Bonchev–Trinajstić information content (AvgIpc) is 3.01. The Balaban J connectivity index is 1.60. The number of phenolic OH excluding ortho intramolecular Hbond substituents is 2. The van der Waals surface area contributed by atoms with Gasteiger partial charge in [-0.2, -0.15) is 0 Å². The average molecular weight is 643 g/mol. The summed E-state index contributed by atoms with van der Waals surface area (Å²) in [6, 6.07) is 2.55. The molecule has 46 heavy (non-hydrogen) atoms. The van der Waals surface area contributed by atoms with Crippen LogP contribution < -0.4 is 16.2 Å². The first kappa shape index (κ1) is 33.4. The van der Waals surface area contributed by atoms with Crippen molar-refractivity contribution >= 4 is 23.3 Å². The second-order valence-electron chi connectivity index (χ2n) is 12.4. The Morgan fingerprint density at radius 3 is 2.41 bits per heavy atom. The van der Waals surface area contributed by atoms with Gasteiger partial charge in [0.05, 0.1) is 42.1 Å². The SMILES string of the molecule is COc1cccc2c1C(=O)c1c(O)c3c(c(O)c1C2=O)C[C@@](O)(C(=O)COC(=O)[C@H](N)C(C)C)C[C@@H]3OC1CC(N)C(O)C(C)O1. The fourth-order valence-corrected chi connectivity index (χ4v) is 6.24. The zero-order chi connectivity index (χ0) is 33.8. The molecule has 248 valence electrons. The van der Waals surface area contributed by atoms with E-state index in [0.717, 1.165) is 0 Å². The summed E-state index contributed by atoms with van der Waals surface area (Å²) in [5.41, 5.74) is 7.97. The number of fused-ring (bicyclic) bond motifs is 3. The van der Waals surface area contributed by atoms with Gasteiger partial charge in [0.1, 0.15) is 28.9 Å². The summed E-state index contributed by atoms with van der Waals surface area (Å²) in [6.07, 6.45) is -5.48. The zero-order valence-electron chi connectivity index (χ0n) is 25.8. The van der Waals surface area contributed by atoms with Crippen LogP contribution in [0.4, 0.5) is 0 Å². The minimum Gasteiger partial charge on any atom is -0.507 e. The minimum absolute atomic E-state index is 0.0197. The number of hydrogen-bond acceptors (Lipinski definition) is 14. The molecule has 1 aliphatic heterocycles. The molecule has 0 radical (unpaired) electrons. The van der Waals surface area contributed by atoms with Gasteiger partial charge < -0.3 is 50.8 Å². The third kappa shape index (κ3) is 5.54. The zero-order valence-corrected chi connectivity index (χ0v) is 25.8. The number of nitrogens with two attached hydrogens (primary N) is 2. The van der Waals surface area contributed by atoms with E-state index in [1.54, 1.807) is 20.8 Å². The highest BCUT2D eigenvalue weighted by atomic mass is 16.7. The van der Waals surface area contributed by atoms with Crippen LogP contribution in [0.3, 0.4) is 0 Å². The van der Waals surface area contributed by atoms with Crippen LogP contribution >= 0.6 is 0 Å². The lowest BCUT2D eigenvalue weighted by Crippen LogP contribution is -2.53. The van der Waals surface area contributed by atoms with Crippen LogP contribution in [0.1, 0.15) is 82.7 Å². The highest BCUT2D eigenvalue weighted by Crippen LogP contribution is 2.52. The van der Waals surface area contributed by atoms with Gasteiger partial charge in [0.15, 0.2) is 18.7 Å². The van der Waals surface area contributed by atoms with E-state index in [-0.39, 0.29) is 40.3 Å². The fraction of sp³-hybridized carbons (Fsp3) is 0.500. The number of carbonyl (C=O) groups excluding carboxylic acids is 4. The summed E-state index contributed by atoms with van der Waals surface area (Å²) in [5, 5.41) is 45.2. The molecule has 2 aromatic rings. The summed E-state index contributed by atoms with van der Waals surface area (Å²) in [7, 11) is 1.31. The topological polar surface area (TPSA) is 238 Å². The van der Waals surface area contributed by atoms with Crippen LogP contribution in [0, 0.1) is 5.92 Å². The molecule has 8 N–H and O–H groups in total. The van der Waals surface area contributed by atoms with Gasteiger partial charge >= 0.3 is 5.97 Å². The van der Waals surface area contributed by atoms with Crippen molar-refractivity contribution in [2.75, 3.05) is 13.7 Å². The fourth-order valence-electron chi connectivity index (χ4n) is 6.24. The van der Waals surface area contributed by atoms with Gasteiger partial charge in [-0.1, -0.05) is 26.0 Å². The Labute approximate surface area is 264 Å². The van der Waals surface area contributed by atoms with E-state index in [9.17, 15) is 39.6 Å². The summed E-state index contributed by atoms with van der Waals surface area (Å²) in [4.78, 5) is 53.3. The predicted molar refractivity (Wildman–Crippen MR) is 158 cm³/mol. The van der Waals surface area contributed by atoms with E-state index >= 15 is 0 Å². The van der Waals surface area contributed by atoms with Crippen molar-refractivity contribution in [3.63, 3.8) is 0 Å². The molecule has 5 rings (SSSR count). The van der Waals surface area contributed by atoms with Crippen molar-refractivity contribution in [1.82, 2.24) is 0 Å². The molecule has 1 heterocycles. The third-order valence-electron chi connectivity index (χ3n) is 9.00. The number of rotatable bonds is 8. The Morgan fingerprint density at radius 1 is 1.11 bits per heavy atom. The van der Waals surface area contributed by atoms with Crippen LogP contribution in [0.5, 0.6) is 17.2 Å².